The summed E-state index contributed by atoms with van der Waals surface area (Å²) in [7, 11) is 0. The highest BCUT2D eigenvalue weighted by atomic mass is 15.3. The molecule has 22 heavy (non-hydrogen) atoms. The van der Waals surface area contributed by atoms with E-state index in [1.54, 1.807) is 0 Å². The van der Waals surface area contributed by atoms with Gasteiger partial charge < -0.3 is 10.2 Å². The normalized spacial score (nSPS) is 21.0. The standard InChI is InChI=1S/C18H22N4/c1-14-7-8-17-18(20-14)19-11-16-13-21(9-10-22(16)17)12-15-5-3-2-4-6-15/h2-8,16H,9-13H2,1H3,(H,19,20). The van der Waals surface area contributed by atoms with E-state index in [1.165, 1.54) is 11.3 Å². The van der Waals surface area contributed by atoms with Gasteiger partial charge in [0.05, 0.1) is 11.7 Å². The van der Waals surface area contributed by atoms with Crippen LogP contribution in [0.4, 0.5) is 11.5 Å². The summed E-state index contributed by atoms with van der Waals surface area (Å²) >= 11 is 0. The van der Waals surface area contributed by atoms with E-state index in [2.05, 4.69) is 62.6 Å². The van der Waals surface area contributed by atoms with Gasteiger partial charge >= 0.3 is 0 Å². The summed E-state index contributed by atoms with van der Waals surface area (Å²) in [6, 6.07) is 15.6. The minimum Gasteiger partial charge on any atom is -0.366 e. The van der Waals surface area contributed by atoms with Crippen LogP contribution in [0.2, 0.25) is 0 Å². The number of aromatic nitrogens is 1. The van der Waals surface area contributed by atoms with Crippen LogP contribution in [0.1, 0.15) is 11.3 Å². The predicted molar refractivity (Wildman–Crippen MR) is 90.3 cm³/mol. The van der Waals surface area contributed by atoms with Gasteiger partial charge in [-0.3, -0.25) is 4.90 Å². The Kier molecular flexibility index (Phi) is 3.47. The molecule has 0 aliphatic carbocycles. The number of nitrogens with zero attached hydrogens (tertiary/aromatic N) is 3. The number of pyridine rings is 1. The maximum atomic E-state index is 4.63. The molecule has 2 aliphatic rings. The molecule has 0 spiro atoms. The molecule has 2 aromatic rings. The molecule has 1 aromatic heterocycles. The van der Waals surface area contributed by atoms with Crippen LogP contribution < -0.4 is 10.2 Å². The monoisotopic (exact) mass is 294 g/mol. The van der Waals surface area contributed by atoms with Crippen molar-refractivity contribution in [3.8, 4) is 0 Å². The van der Waals surface area contributed by atoms with Gasteiger partial charge in [-0.05, 0) is 24.6 Å². The summed E-state index contributed by atoms with van der Waals surface area (Å²) in [5, 5.41) is 3.51. The average Bonchev–Trinajstić information content (AvgIpc) is 2.55. The zero-order chi connectivity index (χ0) is 14.9. The van der Waals surface area contributed by atoms with E-state index in [9.17, 15) is 0 Å². The fourth-order valence-electron chi connectivity index (χ4n) is 3.52. The highest BCUT2D eigenvalue weighted by Gasteiger charge is 2.32. The molecule has 0 saturated carbocycles. The Morgan fingerprint density at radius 2 is 2.00 bits per heavy atom. The van der Waals surface area contributed by atoms with E-state index in [4.69, 9.17) is 0 Å². The van der Waals surface area contributed by atoms with Crippen LogP contribution in [0.5, 0.6) is 0 Å². The van der Waals surface area contributed by atoms with Crippen LogP contribution in [-0.4, -0.2) is 42.1 Å². The van der Waals surface area contributed by atoms with Crippen molar-refractivity contribution in [2.24, 2.45) is 0 Å². The topological polar surface area (TPSA) is 31.4 Å². The van der Waals surface area contributed by atoms with Gasteiger partial charge in [-0.15, -0.1) is 0 Å². The molecule has 4 heteroatoms. The summed E-state index contributed by atoms with van der Waals surface area (Å²) in [6.07, 6.45) is 0. The number of hydrogen-bond acceptors (Lipinski definition) is 4. The van der Waals surface area contributed by atoms with Gasteiger partial charge in [-0.2, -0.15) is 0 Å². The lowest BCUT2D eigenvalue weighted by molar-refractivity contribution is 0.217. The van der Waals surface area contributed by atoms with Crippen molar-refractivity contribution >= 4 is 11.5 Å². The van der Waals surface area contributed by atoms with Crippen LogP contribution in [0, 0.1) is 6.92 Å². The predicted octanol–water partition coefficient (Wildman–Crippen LogP) is 2.51. The van der Waals surface area contributed by atoms with Gasteiger partial charge in [-0.1, -0.05) is 30.3 Å². The number of nitrogens with one attached hydrogen (secondary N) is 1. The summed E-state index contributed by atoms with van der Waals surface area (Å²) < 4.78 is 0. The van der Waals surface area contributed by atoms with E-state index in [-0.39, 0.29) is 0 Å². The lowest BCUT2D eigenvalue weighted by atomic mass is 10.1. The lowest BCUT2D eigenvalue weighted by Gasteiger charge is -2.46. The molecule has 114 valence electrons. The number of benzene rings is 1. The van der Waals surface area contributed by atoms with E-state index >= 15 is 0 Å². The summed E-state index contributed by atoms with van der Waals surface area (Å²) in [4.78, 5) is 9.71. The maximum Gasteiger partial charge on any atom is 0.149 e. The summed E-state index contributed by atoms with van der Waals surface area (Å²) in [5.74, 6) is 1.05. The first kappa shape index (κ1) is 13.6. The minimum atomic E-state index is 0.537. The average molecular weight is 294 g/mol. The van der Waals surface area contributed by atoms with Crippen molar-refractivity contribution in [1.82, 2.24) is 9.88 Å². The molecule has 1 saturated heterocycles. The van der Waals surface area contributed by atoms with Crippen molar-refractivity contribution in [3.63, 3.8) is 0 Å². The van der Waals surface area contributed by atoms with Crippen LogP contribution >= 0.6 is 0 Å². The number of anilines is 2. The van der Waals surface area contributed by atoms with Crippen molar-refractivity contribution in [2.45, 2.75) is 19.5 Å². The van der Waals surface area contributed by atoms with Gasteiger partial charge in [0.2, 0.25) is 0 Å². The van der Waals surface area contributed by atoms with Crippen molar-refractivity contribution in [1.29, 1.82) is 0 Å². The second-order valence-electron chi connectivity index (χ2n) is 6.27. The second kappa shape index (κ2) is 5.61. The fourth-order valence-corrected chi connectivity index (χ4v) is 3.52. The largest absolute Gasteiger partial charge is 0.366 e. The molecule has 1 N–H and O–H groups in total. The summed E-state index contributed by atoms with van der Waals surface area (Å²) in [5.41, 5.74) is 3.74. The molecule has 0 amide bonds. The number of fused-ring (bicyclic) bond motifs is 3. The van der Waals surface area contributed by atoms with E-state index in [0.29, 0.717) is 6.04 Å². The van der Waals surface area contributed by atoms with Crippen molar-refractivity contribution < 1.29 is 0 Å². The molecule has 4 nitrogen and oxygen atoms in total. The van der Waals surface area contributed by atoms with Crippen molar-refractivity contribution in [3.05, 3.63) is 53.7 Å². The zero-order valence-corrected chi connectivity index (χ0v) is 13.0. The van der Waals surface area contributed by atoms with E-state index in [1.807, 2.05) is 6.92 Å². The molecule has 1 fully saturated rings. The summed E-state index contributed by atoms with van der Waals surface area (Å²) in [6.45, 7) is 7.37. The maximum absolute atomic E-state index is 4.63. The van der Waals surface area contributed by atoms with Crippen molar-refractivity contribution in [2.75, 3.05) is 36.4 Å². The number of piperazine rings is 1. The highest BCUT2D eigenvalue weighted by Crippen LogP contribution is 2.31. The SMILES string of the molecule is Cc1ccc2c(n1)NCC1CN(Cc3ccccc3)CCN21. The molecule has 2 aliphatic heterocycles. The molecular weight excluding hydrogens is 272 g/mol. The first-order chi connectivity index (χ1) is 10.8. The van der Waals surface area contributed by atoms with Gasteiger partial charge in [0, 0.05) is 38.4 Å². The Morgan fingerprint density at radius 1 is 1.14 bits per heavy atom. The Balaban J connectivity index is 1.48. The molecule has 1 atom stereocenters. The van der Waals surface area contributed by atoms with E-state index < -0.39 is 0 Å². The molecule has 4 rings (SSSR count). The Bertz CT molecular complexity index is 655. The van der Waals surface area contributed by atoms with Gasteiger partial charge in [0.15, 0.2) is 0 Å². The van der Waals surface area contributed by atoms with Gasteiger partial charge in [0.1, 0.15) is 5.82 Å². The number of hydrogen-bond donors (Lipinski definition) is 1. The zero-order valence-electron chi connectivity index (χ0n) is 13.0. The highest BCUT2D eigenvalue weighted by molar-refractivity contribution is 5.69. The van der Waals surface area contributed by atoms with Crippen LogP contribution in [0.25, 0.3) is 0 Å². The fraction of sp³-hybridized carbons (Fsp3) is 0.389. The molecule has 1 aromatic carbocycles. The van der Waals surface area contributed by atoms with Crippen LogP contribution in [0.15, 0.2) is 42.5 Å². The Morgan fingerprint density at radius 3 is 2.86 bits per heavy atom. The third-order valence-electron chi connectivity index (χ3n) is 4.64. The third kappa shape index (κ3) is 2.55. The van der Waals surface area contributed by atoms with Gasteiger partial charge in [0.25, 0.3) is 0 Å². The molecule has 0 radical (unpaired) electrons. The first-order valence-electron chi connectivity index (χ1n) is 8.04. The molecule has 0 bridgehead atoms. The molecular formula is C18H22N4. The third-order valence-corrected chi connectivity index (χ3v) is 4.64. The molecule has 1 unspecified atom stereocenters. The lowest BCUT2D eigenvalue weighted by Crippen LogP contribution is -2.57. The number of rotatable bonds is 2. The quantitative estimate of drug-likeness (QED) is 0.922. The van der Waals surface area contributed by atoms with Gasteiger partial charge in [-0.25, -0.2) is 4.98 Å². The first-order valence-corrected chi connectivity index (χ1v) is 8.04. The smallest absolute Gasteiger partial charge is 0.149 e. The van der Waals surface area contributed by atoms with E-state index in [0.717, 1.165) is 44.2 Å². The number of aryl methyl sites for hydroxylation is 1. The molecule has 3 heterocycles. The second-order valence-corrected chi connectivity index (χ2v) is 6.27. The minimum absolute atomic E-state index is 0.537. The Hall–Kier alpha value is -2.07. The van der Waals surface area contributed by atoms with Crippen LogP contribution in [0.3, 0.4) is 0 Å². The Labute approximate surface area is 131 Å². The van der Waals surface area contributed by atoms with Crippen LogP contribution in [-0.2, 0) is 6.54 Å².